The molecule has 14 heavy (non-hydrogen) atoms. The number of fused-ring (bicyclic) bond motifs is 1. The summed E-state index contributed by atoms with van der Waals surface area (Å²) < 4.78 is 41.3. The molecular weight excluding hydrogens is 221 g/mol. The lowest BCUT2D eigenvalue weighted by Crippen LogP contribution is -2.07. The fourth-order valence-electron chi connectivity index (χ4n) is 0.973. The number of hydrogen-bond donors (Lipinski definition) is 0. The molecule has 2 aromatic rings. The van der Waals surface area contributed by atoms with Crippen molar-refractivity contribution in [3.05, 3.63) is 23.0 Å². The van der Waals surface area contributed by atoms with E-state index in [1.54, 1.807) is 0 Å². The van der Waals surface area contributed by atoms with Crippen LogP contribution in [0.15, 0.2) is 16.8 Å². The van der Waals surface area contributed by atoms with Crippen molar-refractivity contribution in [3.63, 3.8) is 0 Å². The maximum absolute atomic E-state index is 12.2. The van der Waals surface area contributed by atoms with Gasteiger partial charge in [-0.3, -0.25) is 0 Å². The second-order valence-electron chi connectivity index (χ2n) is 2.53. The lowest BCUT2D eigenvalue weighted by Gasteiger charge is -2.04. The average molecular weight is 223 g/mol. The Morgan fingerprint density at radius 3 is 2.71 bits per heavy atom. The number of alkyl halides is 3. The van der Waals surface area contributed by atoms with Gasteiger partial charge in [0.15, 0.2) is 0 Å². The fraction of sp³-hybridized carbons (Fsp3) is 0.143. The molecule has 0 bridgehead atoms. The molecular formula is C7H2ClF3N2O. The number of halogens is 4. The lowest BCUT2D eigenvalue weighted by molar-refractivity contribution is -0.140. The van der Waals surface area contributed by atoms with E-state index in [0.29, 0.717) is 6.07 Å². The highest BCUT2D eigenvalue weighted by atomic mass is 35.5. The highest BCUT2D eigenvalue weighted by molar-refractivity contribution is 6.34. The summed E-state index contributed by atoms with van der Waals surface area (Å²) >= 11 is 5.54. The fourth-order valence-corrected chi connectivity index (χ4v) is 1.21. The van der Waals surface area contributed by atoms with E-state index in [4.69, 9.17) is 11.6 Å². The predicted octanol–water partition coefficient (Wildman–Crippen LogP) is 2.90. The largest absolute Gasteiger partial charge is 0.433 e. The summed E-state index contributed by atoms with van der Waals surface area (Å²) in [6.45, 7) is 0. The van der Waals surface area contributed by atoms with Crippen molar-refractivity contribution in [1.29, 1.82) is 0 Å². The van der Waals surface area contributed by atoms with Gasteiger partial charge < -0.3 is 4.52 Å². The predicted molar refractivity (Wildman–Crippen MR) is 41.8 cm³/mol. The minimum atomic E-state index is -4.52. The molecule has 7 heteroatoms. The van der Waals surface area contributed by atoms with E-state index in [0.717, 1.165) is 6.20 Å². The minimum absolute atomic E-state index is 0.00942. The monoisotopic (exact) mass is 222 g/mol. The molecule has 0 aliphatic rings. The first-order chi connectivity index (χ1) is 6.48. The van der Waals surface area contributed by atoms with Crippen LogP contribution in [0.5, 0.6) is 0 Å². The van der Waals surface area contributed by atoms with Gasteiger partial charge in [0, 0.05) is 0 Å². The van der Waals surface area contributed by atoms with Gasteiger partial charge in [-0.15, -0.1) is 0 Å². The van der Waals surface area contributed by atoms with Crippen LogP contribution >= 0.6 is 11.6 Å². The number of rotatable bonds is 0. The van der Waals surface area contributed by atoms with E-state index in [1.165, 1.54) is 0 Å². The number of nitrogens with zero attached hydrogens (tertiary/aromatic N) is 2. The Morgan fingerprint density at radius 1 is 1.36 bits per heavy atom. The van der Waals surface area contributed by atoms with Gasteiger partial charge in [-0.1, -0.05) is 16.8 Å². The molecule has 0 radical (unpaired) electrons. The molecule has 2 heterocycles. The summed E-state index contributed by atoms with van der Waals surface area (Å²) in [4.78, 5) is 3.30. The maximum atomic E-state index is 12.2. The van der Waals surface area contributed by atoms with Gasteiger partial charge in [0.05, 0.1) is 11.2 Å². The Morgan fingerprint density at radius 2 is 2.07 bits per heavy atom. The second-order valence-corrected chi connectivity index (χ2v) is 2.93. The average Bonchev–Trinajstić information content (AvgIpc) is 2.50. The van der Waals surface area contributed by atoms with Crippen LogP contribution in [0.2, 0.25) is 5.02 Å². The molecule has 0 fully saturated rings. The zero-order valence-corrected chi connectivity index (χ0v) is 7.23. The van der Waals surface area contributed by atoms with Crippen LogP contribution in [-0.4, -0.2) is 10.1 Å². The van der Waals surface area contributed by atoms with Crippen molar-refractivity contribution in [3.8, 4) is 0 Å². The van der Waals surface area contributed by atoms with Gasteiger partial charge in [0.1, 0.15) is 11.2 Å². The molecule has 2 rings (SSSR count). The molecule has 0 amide bonds. The van der Waals surface area contributed by atoms with E-state index in [9.17, 15) is 13.2 Å². The van der Waals surface area contributed by atoms with Crippen LogP contribution in [-0.2, 0) is 6.18 Å². The summed E-state index contributed by atoms with van der Waals surface area (Å²) in [6, 6.07) is 0.703. The summed E-state index contributed by atoms with van der Waals surface area (Å²) in [5.41, 5.74) is -1.01. The normalized spacial score (nSPS) is 12.3. The molecule has 0 N–H and O–H groups in total. The standard InChI is InChI=1S/C7H2ClF3N2O/c8-3-1-5(7(9,10)11)13-4-2-12-14-6(3)4/h1-2H. The summed E-state index contributed by atoms with van der Waals surface area (Å²) in [7, 11) is 0. The minimum Gasteiger partial charge on any atom is -0.353 e. The highest BCUT2D eigenvalue weighted by Gasteiger charge is 2.33. The third-order valence-corrected chi connectivity index (χ3v) is 1.84. The first-order valence-corrected chi connectivity index (χ1v) is 3.84. The molecule has 0 unspecified atom stereocenters. The highest BCUT2D eigenvalue weighted by Crippen LogP contribution is 2.32. The van der Waals surface area contributed by atoms with Crippen LogP contribution in [0, 0.1) is 0 Å². The SMILES string of the molecule is FC(F)(F)c1cc(Cl)c2oncc2n1. The number of pyridine rings is 1. The second kappa shape index (κ2) is 2.84. The van der Waals surface area contributed by atoms with E-state index in [1.807, 2.05) is 0 Å². The summed E-state index contributed by atoms with van der Waals surface area (Å²) in [5, 5.41) is 3.14. The quantitative estimate of drug-likeness (QED) is 0.688. The van der Waals surface area contributed by atoms with Crippen LogP contribution in [0.25, 0.3) is 11.1 Å². The van der Waals surface area contributed by atoms with E-state index in [2.05, 4.69) is 14.7 Å². The Balaban J connectivity index is 2.70. The van der Waals surface area contributed by atoms with Crippen LogP contribution < -0.4 is 0 Å². The van der Waals surface area contributed by atoms with Gasteiger partial charge in [-0.05, 0) is 6.07 Å². The molecule has 0 atom stereocenters. The Labute approximate surface area is 80.5 Å². The number of hydrogen-bond acceptors (Lipinski definition) is 3. The van der Waals surface area contributed by atoms with Crippen molar-refractivity contribution in [2.24, 2.45) is 0 Å². The maximum Gasteiger partial charge on any atom is 0.433 e. The lowest BCUT2D eigenvalue weighted by atomic mass is 10.3. The zero-order chi connectivity index (χ0) is 10.3. The van der Waals surface area contributed by atoms with Gasteiger partial charge in [-0.25, -0.2) is 4.98 Å². The Hall–Kier alpha value is -1.30. The molecule has 0 aromatic carbocycles. The van der Waals surface area contributed by atoms with E-state index >= 15 is 0 Å². The van der Waals surface area contributed by atoms with Crippen molar-refractivity contribution < 1.29 is 17.7 Å². The molecule has 0 saturated carbocycles. The summed E-state index contributed by atoms with van der Waals surface area (Å²) in [6.07, 6.45) is -3.44. The molecule has 0 spiro atoms. The van der Waals surface area contributed by atoms with Gasteiger partial charge in [0.2, 0.25) is 5.58 Å². The molecule has 0 aliphatic carbocycles. The van der Waals surface area contributed by atoms with Crippen molar-refractivity contribution >= 4 is 22.7 Å². The van der Waals surface area contributed by atoms with Crippen molar-refractivity contribution in [2.45, 2.75) is 6.18 Å². The first kappa shape index (κ1) is 9.26. The topological polar surface area (TPSA) is 38.9 Å². The molecule has 2 aromatic heterocycles. The molecule has 3 nitrogen and oxygen atoms in total. The van der Waals surface area contributed by atoms with Crippen molar-refractivity contribution in [2.75, 3.05) is 0 Å². The number of aromatic nitrogens is 2. The molecule has 0 saturated heterocycles. The smallest absolute Gasteiger partial charge is 0.353 e. The van der Waals surface area contributed by atoms with Crippen molar-refractivity contribution in [1.82, 2.24) is 10.1 Å². The van der Waals surface area contributed by atoms with Gasteiger partial charge in [-0.2, -0.15) is 13.2 Å². The third kappa shape index (κ3) is 1.41. The first-order valence-electron chi connectivity index (χ1n) is 3.46. The zero-order valence-electron chi connectivity index (χ0n) is 6.47. The van der Waals surface area contributed by atoms with E-state index < -0.39 is 11.9 Å². The summed E-state index contributed by atoms with van der Waals surface area (Å²) in [5.74, 6) is 0. The molecule has 0 aliphatic heterocycles. The van der Waals surface area contributed by atoms with Gasteiger partial charge in [0.25, 0.3) is 0 Å². The van der Waals surface area contributed by atoms with Crippen LogP contribution in [0.3, 0.4) is 0 Å². The van der Waals surface area contributed by atoms with Crippen LogP contribution in [0.1, 0.15) is 5.69 Å². The Bertz CT molecular complexity index is 479. The van der Waals surface area contributed by atoms with Crippen LogP contribution in [0.4, 0.5) is 13.2 Å². The molecule has 74 valence electrons. The van der Waals surface area contributed by atoms with Gasteiger partial charge >= 0.3 is 6.18 Å². The van der Waals surface area contributed by atoms with E-state index in [-0.39, 0.29) is 16.1 Å². The Kier molecular flexibility index (Phi) is 1.88. The third-order valence-electron chi connectivity index (χ3n) is 1.56.